The van der Waals surface area contributed by atoms with E-state index in [2.05, 4.69) is 12.2 Å². The third-order valence-corrected chi connectivity index (χ3v) is 3.47. The molecule has 0 saturated carbocycles. The first kappa shape index (κ1) is 11.4. The van der Waals surface area contributed by atoms with Gasteiger partial charge in [-0.2, -0.15) is 0 Å². The highest BCUT2D eigenvalue weighted by molar-refractivity contribution is 4.88. The Hall–Kier alpha value is -0.120. The molecule has 2 heterocycles. The molecule has 15 heavy (non-hydrogen) atoms. The van der Waals surface area contributed by atoms with Gasteiger partial charge in [-0.3, -0.25) is 0 Å². The Morgan fingerprint density at radius 1 is 1.33 bits per heavy atom. The summed E-state index contributed by atoms with van der Waals surface area (Å²) in [7, 11) is 0. The summed E-state index contributed by atoms with van der Waals surface area (Å²) in [4.78, 5) is 0. The zero-order chi connectivity index (χ0) is 10.5. The Morgan fingerprint density at radius 3 is 2.87 bits per heavy atom. The molecule has 0 spiro atoms. The van der Waals surface area contributed by atoms with Crippen LogP contribution in [0.3, 0.4) is 0 Å². The van der Waals surface area contributed by atoms with E-state index in [0.717, 1.165) is 26.4 Å². The molecule has 3 nitrogen and oxygen atoms in total. The molecule has 2 fully saturated rings. The molecule has 3 unspecified atom stereocenters. The molecule has 0 radical (unpaired) electrons. The van der Waals surface area contributed by atoms with Gasteiger partial charge in [0.15, 0.2) is 0 Å². The van der Waals surface area contributed by atoms with Gasteiger partial charge in [-0.15, -0.1) is 0 Å². The molecule has 0 bridgehead atoms. The molecule has 2 saturated heterocycles. The van der Waals surface area contributed by atoms with Gasteiger partial charge < -0.3 is 14.8 Å². The fourth-order valence-electron chi connectivity index (χ4n) is 2.63. The Bertz CT molecular complexity index is 158. The maximum Gasteiger partial charge on any atom is 0.0732 e. The summed E-state index contributed by atoms with van der Waals surface area (Å²) < 4.78 is 11.3. The second-order valence-electron chi connectivity index (χ2n) is 4.66. The van der Waals surface area contributed by atoms with E-state index >= 15 is 0 Å². The van der Waals surface area contributed by atoms with E-state index in [-0.39, 0.29) is 0 Å². The van der Waals surface area contributed by atoms with Crippen molar-refractivity contribution in [1.29, 1.82) is 0 Å². The van der Waals surface area contributed by atoms with Crippen molar-refractivity contribution >= 4 is 0 Å². The van der Waals surface area contributed by atoms with E-state index in [4.69, 9.17) is 9.47 Å². The number of hydrogen-bond donors (Lipinski definition) is 1. The third kappa shape index (κ3) is 2.92. The van der Waals surface area contributed by atoms with E-state index < -0.39 is 0 Å². The molecule has 1 N–H and O–H groups in total. The number of nitrogens with one attached hydrogen (secondary N) is 1. The summed E-state index contributed by atoms with van der Waals surface area (Å²) in [6.45, 7) is 6.11. The zero-order valence-electron chi connectivity index (χ0n) is 9.71. The van der Waals surface area contributed by atoms with Crippen LogP contribution >= 0.6 is 0 Å². The van der Waals surface area contributed by atoms with Gasteiger partial charge in [-0.05, 0) is 32.2 Å². The van der Waals surface area contributed by atoms with Crippen LogP contribution in [0, 0.1) is 5.92 Å². The summed E-state index contributed by atoms with van der Waals surface area (Å²) in [5.74, 6) is 0.666. The fraction of sp³-hybridized carbons (Fsp3) is 1.00. The Morgan fingerprint density at radius 2 is 2.27 bits per heavy atom. The minimum absolute atomic E-state index is 0.434. The fourth-order valence-corrected chi connectivity index (χ4v) is 2.63. The maximum atomic E-state index is 5.81. The van der Waals surface area contributed by atoms with Gasteiger partial charge in [-0.1, -0.05) is 6.92 Å². The second kappa shape index (κ2) is 5.83. The zero-order valence-corrected chi connectivity index (χ0v) is 9.71. The van der Waals surface area contributed by atoms with Crippen molar-refractivity contribution in [3.05, 3.63) is 0 Å². The number of hydrogen-bond acceptors (Lipinski definition) is 3. The largest absolute Gasteiger partial charge is 0.381 e. The highest BCUT2D eigenvalue weighted by atomic mass is 16.5. The molecule has 0 aromatic heterocycles. The van der Waals surface area contributed by atoms with Crippen LogP contribution in [0.5, 0.6) is 0 Å². The van der Waals surface area contributed by atoms with Gasteiger partial charge >= 0.3 is 0 Å². The normalized spacial score (nSPS) is 33.4. The van der Waals surface area contributed by atoms with Crippen molar-refractivity contribution < 1.29 is 9.47 Å². The van der Waals surface area contributed by atoms with Gasteiger partial charge in [0.05, 0.1) is 12.7 Å². The second-order valence-corrected chi connectivity index (χ2v) is 4.66. The van der Waals surface area contributed by atoms with Gasteiger partial charge in [0.25, 0.3) is 0 Å². The molecule has 2 aliphatic heterocycles. The van der Waals surface area contributed by atoms with Crippen molar-refractivity contribution in [2.45, 2.75) is 44.8 Å². The third-order valence-electron chi connectivity index (χ3n) is 3.47. The van der Waals surface area contributed by atoms with Crippen LogP contribution in [-0.2, 0) is 9.47 Å². The lowest BCUT2D eigenvalue weighted by atomic mass is 9.92. The van der Waals surface area contributed by atoms with Gasteiger partial charge in [0, 0.05) is 25.2 Å². The van der Waals surface area contributed by atoms with Crippen LogP contribution in [0.15, 0.2) is 0 Å². The minimum atomic E-state index is 0.434. The standard InChI is InChI=1S/C12H23NO2/c1-2-6-13-12(10-5-8-14-9-10)11-4-3-7-15-11/h10-13H,2-9H2,1H3. The average Bonchev–Trinajstić information content (AvgIpc) is 2.90. The van der Waals surface area contributed by atoms with Gasteiger partial charge in [-0.25, -0.2) is 0 Å². The number of rotatable bonds is 5. The van der Waals surface area contributed by atoms with Crippen LogP contribution in [-0.4, -0.2) is 38.5 Å². The van der Waals surface area contributed by atoms with Crippen molar-refractivity contribution in [3.63, 3.8) is 0 Å². The summed E-state index contributed by atoms with van der Waals surface area (Å²) >= 11 is 0. The van der Waals surface area contributed by atoms with Crippen LogP contribution in [0.2, 0.25) is 0 Å². The Labute approximate surface area is 92.5 Å². The summed E-state index contributed by atoms with van der Waals surface area (Å²) in [5, 5.41) is 3.65. The summed E-state index contributed by atoms with van der Waals surface area (Å²) in [5.41, 5.74) is 0. The summed E-state index contributed by atoms with van der Waals surface area (Å²) in [6.07, 6.45) is 5.27. The average molecular weight is 213 g/mol. The quantitative estimate of drug-likeness (QED) is 0.752. The van der Waals surface area contributed by atoms with Crippen molar-refractivity contribution in [1.82, 2.24) is 5.32 Å². The van der Waals surface area contributed by atoms with Gasteiger partial charge in [0.1, 0.15) is 0 Å². The molecular weight excluding hydrogens is 190 g/mol. The lowest BCUT2D eigenvalue weighted by Gasteiger charge is -2.28. The Balaban J connectivity index is 1.88. The van der Waals surface area contributed by atoms with Crippen LogP contribution in [0.4, 0.5) is 0 Å². The first-order chi connectivity index (χ1) is 7.42. The van der Waals surface area contributed by atoms with Crippen LogP contribution in [0.25, 0.3) is 0 Å². The van der Waals surface area contributed by atoms with Gasteiger partial charge in [0.2, 0.25) is 0 Å². The van der Waals surface area contributed by atoms with Crippen molar-refractivity contribution in [2.24, 2.45) is 5.92 Å². The van der Waals surface area contributed by atoms with Crippen LogP contribution in [0.1, 0.15) is 32.6 Å². The molecule has 88 valence electrons. The lowest BCUT2D eigenvalue weighted by Crippen LogP contribution is -2.45. The minimum Gasteiger partial charge on any atom is -0.381 e. The Kier molecular flexibility index (Phi) is 4.42. The van der Waals surface area contributed by atoms with E-state index in [1.807, 2.05) is 0 Å². The SMILES string of the molecule is CCCNC(C1CCOC1)C1CCCO1. The molecule has 0 aliphatic carbocycles. The monoisotopic (exact) mass is 213 g/mol. The van der Waals surface area contributed by atoms with E-state index in [1.165, 1.54) is 25.7 Å². The van der Waals surface area contributed by atoms with Crippen molar-refractivity contribution in [2.75, 3.05) is 26.4 Å². The van der Waals surface area contributed by atoms with E-state index in [1.54, 1.807) is 0 Å². The van der Waals surface area contributed by atoms with Crippen molar-refractivity contribution in [3.8, 4) is 0 Å². The van der Waals surface area contributed by atoms with E-state index in [9.17, 15) is 0 Å². The molecule has 0 aromatic carbocycles. The van der Waals surface area contributed by atoms with E-state index in [0.29, 0.717) is 18.1 Å². The highest BCUT2D eigenvalue weighted by Gasteiger charge is 2.33. The first-order valence-electron chi connectivity index (χ1n) is 6.34. The molecular formula is C12H23NO2. The maximum absolute atomic E-state index is 5.81. The predicted octanol–water partition coefficient (Wildman–Crippen LogP) is 1.57. The molecule has 0 amide bonds. The highest BCUT2D eigenvalue weighted by Crippen LogP contribution is 2.25. The molecule has 3 heteroatoms. The van der Waals surface area contributed by atoms with Crippen LogP contribution < -0.4 is 5.32 Å². The topological polar surface area (TPSA) is 30.5 Å². The lowest BCUT2D eigenvalue weighted by molar-refractivity contribution is 0.0538. The molecule has 2 rings (SSSR count). The summed E-state index contributed by atoms with van der Waals surface area (Å²) in [6, 6.07) is 0.523. The molecule has 2 aliphatic rings. The first-order valence-corrected chi connectivity index (χ1v) is 6.34. The molecule has 0 aromatic rings. The smallest absolute Gasteiger partial charge is 0.0732 e. The predicted molar refractivity (Wildman–Crippen MR) is 60.0 cm³/mol. The molecule has 3 atom stereocenters. The number of ether oxygens (including phenoxy) is 2.